The van der Waals surface area contributed by atoms with Gasteiger partial charge in [-0.1, -0.05) is 17.7 Å². The fourth-order valence-electron chi connectivity index (χ4n) is 2.72. The van der Waals surface area contributed by atoms with E-state index in [0.29, 0.717) is 10.7 Å². The molecule has 0 bridgehead atoms. The highest BCUT2D eigenvalue weighted by atomic mass is 35.5. The Morgan fingerprint density at radius 3 is 2.54 bits per heavy atom. The van der Waals surface area contributed by atoms with Crippen LogP contribution in [0.15, 0.2) is 42.5 Å². The molecule has 0 spiro atoms. The minimum atomic E-state index is -0.439. The van der Waals surface area contributed by atoms with E-state index in [1.807, 2.05) is 12.1 Å². The number of piperazine rings is 1. The first-order valence-corrected chi connectivity index (χ1v) is 8.21. The molecule has 1 N–H and O–H groups in total. The van der Waals surface area contributed by atoms with Crippen LogP contribution in [0.3, 0.4) is 0 Å². The molecule has 0 aromatic heterocycles. The van der Waals surface area contributed by atoms with Crippen molar-refractivity contribution in [2.24, 2.45) is 0 Å². The number of hydrogen-bond donors (Lipinski definition) is 1. The summed E-state index contributed by atoms with van der Waals surface area (Å²) >= 11 is 6.39. The van der Waals surface area contributed by atoms with E-state index in [0.717, 1.165) is 31.9 Å². The molecule has 3 rings (SSSR count). The van der Waals surface area contributed by atoms with Crippen LogP contribution in [0.2, 0.25) is 5.02 Å². The van der Waals surface area contributed by atoms with Gasteiger partial charge in [0.05, 0.1) is 10.7 Å². The molecule has 1 saturated heterocycles. The third-order valence-corrected chi connectivity index (χ3v) is 4.44. The van der Waals surface area contributed by atoms with Crippen molar-refractivity contribution in [3.8, 4) is 0 Å². The first-order valence-electron chi connectivity index (χ1n) is 7.83. The van der Waals surface area contributed by atoms with Crippen LogP contribution in [0.1, 0.15) is 10.4 Å². The highest BCUT2D eigenvalue weighted by Gasteiger charge is 2.17. The van der Waals surface area contributed by atoms with Gasteiger partial charge in [0.15, 0.2) is 0 Å². The van der Waals surface area contributed by atoms with E-state index in [4.69, 9.17) is 11.6 Å². The zero-order chi connectivity index (χ0) is 17.1. The van der Waals surface area contributed by atoms with Gasteiger partial charge in [-0.05, 0) is 43.4 Å². The molecule has 1 aliphatic heterocycles. The summed E-state index contributed by atoms with van der Waals surface area (Å²) in [6.07, 6.45) is 0. The van der Waals surface area contributed by atoms with E-state index in [-0.39, 0.29) is 11.5 Å². The standard InChI is InChI=1S/C18H19ClFN3O/c1-22-7-9-23(10-8-22)17-6-5-15(12-16(17)19)21-18(24)13-3-2-4-14(20)11-13/h2-6,11-12H,7-10H2,1H3,(H,21,24). The van der Waals surface area contributed by atoms with Crippen molar-refractivity contribution >= 4 is 28.9 Å². The number of nitrogens with one attached hydrogen (secondary N) is 1. The van der Waals surface area contributed by atoms with Crippen LogP contribution in [0, 0.1) is 5.82 Å². The summed E-state index contributed by atoms with van der Waals surface area (Å²) in [7, 11) is 2.10. The predicted molar refractivity (Wildman–Crippen MR) is 95.5 cm³/mol. The van der Waals surface area contributed by atoms with E-state index >= 15 is 0 Å². The second-order valence-corrected chi connectivity index (χ2v) is 6.33. The van der Waals surface area contributed by atoms with Gasteiger partial charge >= 0.3 is 0 Å². The molecular formula is C18H19ClFN3O. The first kappa shape index (κ1) is 16.7. The van der Waals surface area contributed by atoms with Gasteiger partial charge in [0, 0.05) is 37.4 Å². The van der Waals surface area contributed by atoms with Gasteiger partial charge < -0.3 is 15.1 Å². The van der Waals surface area contributed by atoms with Gasteiger partial charge in [0.1, 0.15) is 5.82 Å². The smallest absolute Gasteiger partial charge is 0.255 e. The van der Waals surface area contributed by atoms with Crippen molar-refractivity contribution < 1.29 is 9.18 Å². The Morgan fingerprint density at radius 1 is 1.12 bits per heavy atom. The number of amides is 1. The van der Waals surface area contributed by atoms with E-state index in [9.17, 15) is 9.18 Å². The predicted octanol–water partition coefficient (Wildman–Crippen LogP) is 3.48. The molecule has 126 valence electrons. The molecule has 1 heterocycles. The SMILES string of the molecule is CN1CCN(c2ccc(NC(=O)c3cccc(F)c3)cc2Cl)CC1. The molecule has 0 unspecified atom stereocenters. The summed E-state index contributed by atoms with van der Waals surface area (Å²) in [6, 6.07) is 11.0. The lowest BCUT2D eigenvalue weighted by Gasteiger charge is -2.34. The lowest BCUT2D eigenvalue weighted by molar-refractivity contribution is 0.102. The highest BCUT2D eigenvalue weighted by Crippen LogP contribution is 2.29. The van der Waals surface area contributed by atoms with Gasteiger partial charge in [-0.3, -0.25) is 4.79 Å². The quantitative estimate of drug-likeness (QED) is 0.923. The number of carbonyl (C=O) groups excluding carboxylic acids is 1. The molecule has 1 fully saturated rings. The Bertz CT molecular complexity index is 745. The summed E-state index contributed by atoms with van der Waals surface area (Å²) in [5.41, 5.74) is 1.83. The van der Waals surface area contributed by atoms with Crippen molar-refractivity contribution in [2.75, 3.05) is 43.4 Å². The maximum Gasteiger partial charge on any atom is 0.255 e. The van der Waals surface area contributed by atoms with Crippen LogP contribution in [-0.2, 0) is 0 Å². The normalized spacial score (nSPS) is 15.4. The van der Waals surface area contributed by atoms with Gasteiger partial charge in [0.2, 0.25) is 0 Å². The average molecular weight is 348 g/mol. The number of rotatable bonds is 3. The summed E-state index contributed by atoms with van der Waals surface area (Å²) < 4.78 is 13.2. The Balaban J connectivity index is 1.71. The molecular weight excluding hydrogens is 329 g/mol. The molecule has 0 aliphatic carbocycles. The third kappa shape index (κ3) is 3.86. The molecule has 4 nitrogen and oxygen atoms in total. The zero-order valence-electron chi connectivity index (χ0n) is 13.4. The van der Waals surface area contributed by atoms with E-state index in [1.165, 1.54) is 18.2 Å². The molecule has 2 aromatic carbocycles. The van der Waals surface area contributed by atoms with Crippen molar-refractivity contribution in [3.63, 3.8) is 0 Å². The Kier molecular flexibility index (Phi) is 5.02. The van der Waals surface area contributed by atoms with Crippen molar-refractivity contribution in [3.05, 3.63) is 58.9 Å². The summed E-state index contributed by atoms with van der Waals surface area (Å²) in [4.78, 5) is 16.7. The van der Waals surface area contributed by atoms with Gasteiger partial charge in [0.25, 0.3) is 5.91 Å². The van der Waals surface area contributed by atoms with Gasteiger partial charge in [-0.25, -0.2) is 4.39 Å². The van der Waals surface area contributed by atoms with Gasteiger partial charge in [-0.2, -0.15) is 0 Å². The molecule has 6 heteroatoms. The lowest BCUT2D eigenvalue weighted by atomic mass is 10.2. The number of benzene rings is 2. The van der Waals surface area contributed by atoms with Crippen molar-refractivity contribution in [1.29, 1.82) is 0 Å². The number of carbonyl (C=O) groups is 1. The molecule has 0 radical (unpaired) electrons. The fraction of sp³-hybridized carbons (Fsp3) is 0.278. The molecule has 24 heavy (non-hydrogen) atoms. The topological polar surface area (TPSA) is 35.6 Å². The lowest BCUT2D eigenvalue weighted by Crippen LogP contribution is -2.44. The summed E-state index contributed by atoms with van der Waals surface area (Å²) in [5.74, 6) is -0.802. The van der Waals surface area contributed by atoms with E-state index in [1.54, 1.807) is 12.1 Å². The third-order valence-electron chi connectivity index (χ3n) is 4.14. The second kappa shape index (κ2) is 7.20. The van der Waals surface area contributed by atoms with E-state index in [2.05, 4.69) is 22.2 Å². The van der Waals surface area contributed by atoms with Crippen molar-refractivity contribution in [2.45, 2.75) is 0 Å². The van der Waals surface area contributed by atoms with Crippen LogP contribution in [0.25, 0.3) is 0 Å². The molecule has 0 saturated carbocycles. The Morgan fingerprint density at radius 2 is 1.88 bits per heavy atom. The number of nitrogens with zero attached hydrogens (tertiary/aromatic N) is 2. The van der Waals surface area contributed by atoms with Crippen LogP contribution >= 0.6 is 11.6 Å². The molecule has 0 atom stereocenters. The van der Waals surface area contributed by atoms with Crippen LogP contribution in [0.4, 0.5) is 15.8 Å². The summed E-state index contributed by atoms with van der Waals surface area (Å²) in [6.45, 7) is 3.83. The summed E-state index contributed by atoms with van der Waals surface area (Å²) in [5, 5.41) is 3.34. The molecule has 1 amide bonds. The molecule has 1 aliphatic rings. The van der Waals surface area contributed by atoms with Crippen LogP contribution in [0.5, 0.6) is 0 Å². The van der Waals surface area contributed by atoms with Gasteiger partial charge in [-0.15, -0.1) is 0 Å². The highest BCUT2D eigenvalue weighted by molar-refractivity contribution is 6.33. The second-order valence-electron chi connectivity index (χ2n) is 5.92. The monoisotopic (exact) mass is 347 g/mol. The largest absolute Gasteiger partial charge is 0.368 e. The maximum absolute atomic E-state index is 13.2. The zero-order valence-corrected chi connectivity index (χ0v) is 14.2. The Hall–Kier alpha value is -2.11. The fourth-order valence-corrected chi connectivity index (χ4v) is 3.02. The number of likely N-dealkylation sites (N-methyl/N-ethyl adjacent to an activating group) is 1. The van der Waals surface area contributed by atoms with E-state index < -0.39 is 5.82 Å². The van der Waals surface area contributed by atoms with Crippen molar-refractivity contribution in [1.82, 2.24) is 4.90 Å². The number of hydrogen-bond acceptors (Lipinski definition) is 3. The first-order chi connectivity index (χ1) is 11.5. The average Bonchev–Trinajstić information content (AvgIpc) is 2.56. The van der Waals surface area contributed by atoms with Crippen LogP contribution < -0.4 is 10.2 Å². The minimum absolute atomic E-state index is 0.272. The Labute approximate surface area is 145 Å². The maximum atomic E-state index is 13.2. The molecule has 2 aromatic rings. The minimum Gasteiger partial charge on any atom is -0.368 e. The number of halogens is 2. The number of anilines is 2. The van der Waals surface area contributed by atoms with Crippen LogP contribution in [-0.4, -0.2) is 44.0 Å².